The third kappa shape index (κ3) is 5.77. The second-order valence-corrected chi connectivity index (χ2v) is 9.31. The second-order valence-electron chi connectivity index (χ2n) is 8.47. The van der Waals surface area contributed by atoms with Crippen molar-refractivity contribution in [2.45, 2.75) is 13.8 Å². The van der Waals surface area contributed by atoms with Gasteiger partial charge < -0.3 is 9.73 Å². The molecule has 0 saturated carbocycles. The van der Waals surface area contributed by atoms with Gasteiger partial charge in [-0.25, -0.2) is 0 Å². The molecule has 2 aromatic heterocycles. The molecule has 0 atom stereocenters. The molecule has 0 aliphatic heterocycles. The van der Waals surface area contributed by atoms with Gasteiger partial charge in [-0.2, -0.15) is 4.80 Å². The minimum Gasteiger partial charge on any atom is -0.457 e. The van der Waals surface area contributed by atoms with Crippen molar-refractivity contribution in [2.24, 2.45) is 0 Å². The molecule has 3 aromatic carbocycles. The number of carbonyl (C=O) groups excluding carboxylic acids is 1. The van der Waals surface area contributed by atoms with Crippen LogP contribution in [0.1, 0.15) is 16.9 Å². The van der Waals surface area contributed by atoms with Crippen molar-refractivity contribution < 1.29 is 9.21 Å². The average molecular weight is 528 g/mol. The zero-order chi connectivity index (χ0) is 25.9. The molecule has 0 saturated heterocycles. The SMILES string of the molecule is Cc1ccc(-n2nc3cc(C)c(NC(=S)NC(=O)C=Cc4ccc(-c5ccc(Cl)cc5)o4)cc3n2)cc1. The van der Waals surface area contributed by atoms with Crippen LogP contribution in [-0.2, 0) is 4.79 Å². The van der Waals surface area contributed by atoms with E-state index in [2.05, 4.69) is 20.8 Å². The number of aromatic nitrogens is 3. The number of carbonyl (C=O) groups is 1. The van der Waals surface area contributed by atoms with Crippen LogP contribution in [0.25, 0.3) is 34.1 Å². The van der Waals surface area contributed by atoms with E-state index in [4.69, 9.17) is 28.2 Å². The zero-order valence-electron chi connectivity index (χ0n) is 20.0. The normalized spacial score (nSPS) is 11.2. The molecular formula is C28H22ClN5O2S. The largest absolute Gasteiger partial charge is 0.457 e. The average Bonchev–Trinajstić information content (AvgIpc) is 3.51. The lowest BCUT2D eigenvalue weighted by Gasteiger charge is -2.10. The number of halogens is 1. The number of amides is 1. The number of nitrogens with one attached hydrogen (secondary N) is 2. The first-order valence-corrected chi connectivity index (χ1v) is 12.2. The van der Waals surface area contributed by atoms with Crippen LogP contribution in [-0.4, -0.2) is 26.0 Å². The van der Waals surface area contributed by atoms with Crippen LogP contribution in [0, 0.1) is 13.8 Å². The molecule has 1 amide bonds. The van der Waals surface area contributed by atoms with Gasteiger partial charge in [0.05, 0.1) is 5.69 Å². The van der Waals surface area contributed by atoms with Gasteiger partial charge >= 0.3 is 0 Å². The highest BCUT2D eigenvalue weighted by molar-refractivity contribution is 7.80. The monoisotopic (exact) mass is 527 g/mol. The summed E-state index contributed by atoms with van der Waals surface area (Å²) in [4.78, 5) is 14.0. The Hall–Kier alpha value is -4.27. The van der Waals surface area contributed by atoms with Gasteiger partial charge in [-0.05, 0) is 98.4 Å². The van der Waals surface area contributed by atoms with Gasteiger partial charge in [-0.1, -0.05) is 29.3 Å². The number of aryl methyl sites for hydroxylation is 2. The number of nitrogens with zero attached hydrogens (tertiary/aromatic N) is 3. The van der Waals surface area contributed by atoms with Crippen molar-refractivity contribution in [1.29, 1.82) is 0 Å². The van der Waals surface area contributed by atoms with Crippen LogP contribution in [0.3, 0.4) is 0 Å². The summed E-state index contributed by atoms with van der Waals surface area (Å²) in [6, 6.07) is 22.7. The van der Waals surface area contributed by atoms with E-state index in [0.717, 1.165) is 28.0 Å². The number of furan rings is 1. The summed E-state index contributed by atoms with van der Waals surface area (Å²) in [6.45, 7) is 3.97. The predicted octanol–water partition coefficient (Wildman–Crippen LogP) is 6.48. The Kier molecular flexibility index (Phi) is 6.85. The minimum absolute atomic E-state index is 0.171. The van der Waals surface area contributed by atoms with E-state index in [1.165, 1.54) is 11.6 Å². The topological polar surface area (TPSA) is 85.0 Å². The Morgan fingerprint density at radius 2 is 1.68 bits per heavy atom. The predicted molar refractivity (Wildman–Crippen MR) is 151 cm³/mol. The number of thiocarbonyl (C=S) groups is 1. The fourth-order valence-corrected chi connectivity index (χ4v) is 4.01. The highest BCUT2D eigenvalue weighted by Gasteiger charge is 2.11. The van der Waals surface area contributed by atoms with E-state index < -0.39 is 0 Å². The summed E-state index contributed by atoms with van der Waals surface area (Å²) in [7, 11) is 0. The summed E-state index contributed by atoms with van der Waals surface area (Å²) in [5.74, 6) is 0.835. The molecule has 2 N–H and O–H groups in total. The van der Waals surface area contributed by atoms with Crippen molar-refractivity contribution in [3.8, 4) is 17.0 Å². The molecule has 5 aromatic rings. The molecule has 5 rings (SSSR count). The molecule has 184 valence electrons. The summed E-state index contributed by atoms with van der Waals surface area (Å²) < 4.78 is 5.78. The lowest BCUT2D eigenvalue weighted by Crippen LogP contribution is -2.33. The van der Waals surface area contributed by atoms with Crippen LogP contribution in [0.2, 0.25) is 5.02 Å². The molecule has 7 nitrogen and oxygen atoms in total. The first-order chi connectivity index (χ1) is 17.8. The minimum atomic E-state index is -0.383. The summed E-state index contributed by atoms with van der Waals surface area (Å²) in [5, 5.41) is 15.7. The lowest BCUT2D eigenvalue weighted by atomic mass is 10.2. The Morgan fingerprint density at radius 3 is 2.41 bits per heavy atom. The fraction of sp³-hybridized carbons (Fsp3) is 0.0714. The molecule has 2 heterocycles. The van der Waals surface area contributed by atoms with Gasteiger partial charge in [-0.15, -0.1) is 10.2 Å². The zero-order valence-corrected chi connectivity index (χ0v) is 21.6. The number of hydrogen-bond donors (Lipinski definition) is 2. The molecule has 0 radical (unpaired) electrons. The van der Waals surface area contributed by atoms with Crippen LogP contribution in [0.15, 0.2) is 83.3 Å². The number of hydrogen-bond acceptors (Lipinski definition) is 5. The summed E-state index contributed by atoms with van der Waals surface area (Å²) >= 11 is 11.3. The standard InChI is InChI=1S/C28H22ClN5O2S/c1-17-3-9-21(10-4-17)34-32-24-15-18(2)23(16-25(24)33-34)30-28(37)31-27(35)14-12-22-11-13-26(36-22)19-5-7-20(29)8-6-19/h3-16H,1-2H3,(H2,30,31,35,37). The highest BCUT2D eigenvalue weighted by atomic mass is 35.5. The van der Waals surface area contributed by atoms with Crippen LogP contribution in [0.5, 0.6) is 0 Å². The van der Waals surface area contributed by atoms with Gasteiger partial charge in [0.15, 0.2) is 5.11 Å². The molecular weight excluding hydrogens is 506 g/mol. The molecule has 0 aliphatic rings. The van der Waals surface area contributed by atoms with E-state index >= 15 is 0 Å². The third-order valence-corrected chi connectivity index (χ3v) is 6.09. The van der Waals surface area contributed by atoms with E-state index in [1.54, 1.807) is 29.1 Å². The Labute approximate surface area is 223 Å². The first-order valence-electron chi connectivity index (χ1n) is 11.4. The molecule has 9 heteroatoms. The molecule has 0 unspecified atom stereocenters. The van der Waals surface area contributed by atoms with Gasteiger partial charge in [0.25, 0.3) is 0 Å². The molecule has 0 bridgehead atoms. The highest BCUT2D eigenvalue weighted by Crippen LogP contribution is 2.25. The van der Waals surface area contributed by atoms with E-state index in [0.29, 0.717) is 22.1 Å². The van der Waals surface area contributed by atoms with Crippen LogP contribution >= 0.6 is 23.8 Å². The van der Waals surface area contributed by atoms with Crippen LogP contribution < -0.4 is 10.6 Å². The number of rotatable bonds is 5. The third-order valence-electron chi connectivity index (χ3n) is 5.63. The van der Waals surface area contributed by atoms with Crippen molar-refractivity contribution in [3.05, 3.63) is 101 Å². The number of fused-ring (bicyclic) bond motifs is 1. The van der Waals surface area contributed by atoms with E-state index in [-0.39, 0.29) is 11.0 Å². The van der Waals surface area contributed by atoms with E-state index in [9.17, 15) is 4.79 Å². The Balaban J connectivity index is 1.23. The van der Waals surface area contributed by atoms with Crippen molar-refractivity contribution in [1.82, 2.24) is 20.3 Å². The maximum absolute atomic E-state index is 12.4. The lowest BCUT2D eigenvalue weighted by molar-refractivity contribution is -0.115. The quantitative estimate of drug-likeness (QED) is 0.201. The van der Waals surface area contributed by atoms with Gasteiger partial charge in [0, 0.05) is 22.3 Å². The van der Waals surface area contributed by atoms with Gasteiger partial charge in [0.2, 0.25) is 5.91 Å². The Morgan fingerprint density at radius 1 is 0.973 bits per heavy atom. The number of anilines is 1. The molecule has 0 aliphatic carbocycles. The second kappa shape index (κ2) is 10.4. The number of benzene rings is 3. The van der Waals surface area contributed by atoms with Crippen molar-refractivity contribution in [2.75, 3.05) is 5.32 Å². The molecule has 37 heavy (non-hydrogen) atoms. The maximum Gasteiger partial charge on any atom is 0.250 e. The first kappa shape index (κ1) is 24.4. The van der Waals surface area contributed by atoms with E-state index in [1.807, 2.05) is 68.4 Å². The van der Waals surface area contributed by atoms with Gasteiger partial charge in [0.1, 0.15) is 22.6 Å². The molecule has 0 fully saturated rings. The van der Waals surface area contributed by atoms with Crippen LogP contribution in [0.4, 0.5) is 5.69 Å². The fourth-order valence-electron chi connectivity index (χ4n) is 3.67. The smallest absolute Gasteiger partial charge is 0.250 e. The maximum atomic E-state index is 12.4. The van der Waals surface area contributed by atoms with Crippen molar-refractivity contribution in [3.63, 3.8) is 0 Å². The molecule has 0 spiro atoms. The Bertz CT molecular complexity index is 1640. The van der Waals surface area contributed by atoms with Crippen molar-refractivity contribution >= 4 is 57.6 Å². The van der Waals surface area contributed by atoms with Gasteiger partial charge in [-0.3, -0.25) is 10.1 Å². The summed E-state index contributed by atoms with van der Waals surface area (Å²) in [5.41, 5.74) is 6.05. The summed E-state index contributed by atoms with van der Waals surface area (Å²) in [6.07, 6.45) is 2.94.